The average molecular weight is 186 g/mol. The Morgan fingerprint density at radius 2 is 1.38 bits per heavy atom. The fraction of sp³-hybridized carbons (Fsp3) is 0. The van der Waals surface area contributed by atoms with E-state index in [4.69, 9.17) is 0 Å². The summed E-state index contributed by atoms with van der Waals surface area (Å²) in [6.45, 7) is 0. The molecule has 0 amide bonds. The second-order valence-electron chi connectivity index (χ2n) is 2.99. The van der Waals surface area contributed by atoms with Crippen LogP contribution < -0.4 is 5.30 Å². The summed E-state index contributed by atoms with van der Waals surface area (Å²) < 4.78 is 0. The van der Waals surface area contributed by atoms with Gasteiger partial charge >= 0.3 is 0 Å². The molecule has 1 heteroatoms. The van der Waals surface area contributed by atoms with E-state index in [9.17, 15) is 0 Å². The van der Waals surface area contributed by atoms with Crippen molar-refractivity contribution in [3.8, 4) is 11.1 Å². The summed E-state index contributed by atoms with van der Waals surface area (Å²) in [6.07, 6.45) is 0. The maximum atomic E-state index is 2.71. The number of benzene rings is 2. The van der Waals surface area contributed by atoms with Gasteiger partial charge in [-0.25, -0.2) is 0 Å². The largest absolute Gasteiger partial charge is 0.106 e. The van der Waals surface area contributed by atoms with Gasteiger partial charge in [-0.05, 0) is 22.5 Å². The minimum Gasteiger partial charge on any atom is -0.106 e. The quantitative estimate of drug-likeness (QED) is 0.601. The van der Waals surface area contributed by atoms with Crippen LogP contribution in [0.1, 0.15) is 0 Å². The SMILES string of the molecule is Pc1cccc(-c2ccccc2)c1. The highest BCUT2D eigenvalue weighted by atomic mass is 31.0. The van der Waals surface area contributed by atoms with Gasteiger partial charge in [0.25, 0.3) is 0 Å². The lowest BCUT2D eigenvalue weighted by Gasteiger charge is -2.01. The summed E-state index contributed by atoms with van der Waals surface area (Å²) in [4.78, 5) is 0. The van der Waals surface area contributed by atoms with Crippen LogP contribution in [0.4, 0.5) is 0 Å². The second-order valence-corrected chi connectivity index (χ2v) is 3.66. The summed E-state index contributed by atoms with van der Waals surface area (Å²) in [5.41, 5.74) is 2.54. The number of rotatable bonds is 1. The fourth-order valence-electron chi connectivity index (χ4n) is 1.35. The lowest BCUT2D eigenvalue weighted by molar-refractivity contribution is 1.64. The zero-order valence-corrected chi connectivity index (χ0v) is 8.43. The Morgan fingerprint density at radius 3 is 2.08 bits per heavy atom. The molecule has 0 bridgehead atoms. The van der Waals surface area contributed by atoms with Crippen molar-refractivity contribution in [2.24, 2.45) is 0 Å². The summed E-state index contributed by atoms with van der Waals surface area (Å²) in [5, 5.41) is 1.22. The van der Waals surface area contributed by atoms with Gasteiger partial charge in [0.05, 0.1) is 0 Å². The first kappa shape index (κ1) is 8.47. The minimum absolute atomic E-state index is 1.22. The summed E-state index contributed by atoms with van der Waals surface area (Å²) >= 11 is 0. The van der Waals surface area contributed by atoms with E-state index < -0.39 is 0 Å². The maximum absolute atomic E-state index is 2.71. The Morgan fingerprint density at radius 1 is 0.692 bits per heavy atom. The smallest absolute Gasteiger partial charge is 0.0178 e. The first-order chi connectivity index (χ1) is 6.36. The molecule has 0 radical (unpaired) electrons. The molecule has 0 aliphatic heterocycles. The van der Waals surface area contributed by atoms with Crippen molar-refractivity contribution >= 4 is 14.5 Å². The van der Waals surface area contributed by atoms with E-state index in [1.165, 1.54) is 16.4 Å². The Hall–Kier alpha value is -1.13. The van der Waals surface area contributed by atoms with Crippen LogP contribution in [0.15, 0.2) is 54.6 Å². The average Bonchev–Trinajstić information content (AvgIpc) is 2.19. The van der Waals surface area contributed by atoms with Gasteiger partial charge in [0.15, 0.2) is 0 Å². The molecule has 0 nitrogen and oxygen atoms in total. The van der Waals surface area contributed by atoms with Crippen LogP contribution in [0.3, 0.4) is 0 Å². The van der Waals surface area contributed by atoms with Gasteiger partial charge < -0.3 is 0 Å². The monoisotopic (exact) mass is 186 g/mol. The van der Waals surface area contributed by atoms with Crippen molar-refractivity contribution < 1.29 is 0 Å². The summed E-state index contributed by atoms with van der Waals surface area (Å²) in [5.74, 6) is 0. The van der Waals surface area contributed by atoms with Gasteiger partial charge in [-0.3, -0.25) is 0 Å². The normalized spacial score (nSPS) is 9.92. The maximum Gasteiger partial charge on any atom is -0.0178 e. The lowest BCUT2D eigenvalue weighted by atomic mass is 10.1. The molecule has 13 heavy (non-hydrogen) atoms. The molecule has 0 spiro atoms. The number of hydrogen-bond acceptors (Lipinski definition) is 0. The first-order valence-electron chi connectivity index (χ1n) is 4.27. The molecule has 0 saturated heterocycles. The zero-order valence-electron chi connectivity index (χ0n) is 7.27. The highest BCUT2D eigenvalue weighted by Gasteiger charge is 1.94. The van der Waals surface area contributed by atoms with Crippen molar-refractivity contribution in [2.45, 2.75) is 0 Å². The Kier molecular flexibility index (Phi) is 2.42. The van der Waals surface area contributed by atoms with Crippen molar-refractivity contribution in [3.63, 3.8) is 0 Å². The molecule has 2 rings (SSSR count). The van der Waals surface area contributed by atoms with Gasteiger partial charge in [0.1, 0.15) is 0 Å². The van der Waals surface area contributed by atoms with E-state index in [1.54, 1.807) is 0 Å². The van der Waals surface area contributed by atoms with Crippen LogP contribution in [0.2, 0.25) is 0 Å². The molecule has 0 fully saturated rings. The van der Waals surface area contributed by atoms with Crippen LogP contribution in [-0.4, -0.2) is 0 Å². The molecule has 0 aromatic heterocycles. The molecular weight excluding hydrogens is 175 g/mol. The van der Waals surface area contributed by atoms with Crippen molar-refractivity contribution in [1.82, 2.24) is 0 Å². The van der Waals surface area contributed by atoms with Crippen molar-refractivity contribution in [2.75, 3.05) is 0 Å². The molecule has 0 aliphatic carbocycles. The molecule has 2 aromatic rings. The third-order valence-electron chi connectivity index (χ3n) is 1.99. The molecule has 0 aliphatic rings. The molecule has 1 unspecified atom stereocenters. The molecular formula is C12H11P. The first-order valence-corrected chi connectivity index (χ1v) is 4.85. The van der Waals surface area contributed by atoms with E-state index in [1.807, 2.05) is 6.07 Å². The predicted octanol–water partition coefficient (Wildman–Crippen LogP) is 2.85. The lowest BCUT2D eigenvalue weighted by Crippen LogP contribution is -1.88. The van der Waals surface area contributed by atoms with Gasteiger partial charge in [0, 0.05) is 0 Å². The van der Waals surface area contributed by atoms with Crippen molar-refractivity contribution in [3.05, 3.63) is 54.6 Å². The fourth-order valence-corrected chi connectivity index (χ4v) is 1.64. The third-order valence-corrected chi connectivity index (χ3v) is 2.35. The zero-order chi connectivity index (χ0) is 9.10. The molecule has 0 heterocycles. The van der Waals surface area contributed by atoms with Gasteiger partial charge in [0.2, 0.25) is 0 Å². The van der Waals surface area contributed by atoms with E-state index in [-0.39, 0.29) is 0 Å². The van der Waals surface area contributed by atoms with Crippen molar-refractivity contribution in [1.29, 1.82) is 0 Å². The van der Waals surface area contributed by atoms with E-state index in [2.05, 4.69) is 57.8 Å². The van der Waals surface area contributed by atoms with E-state index in [0.29, 0.717) is 0 Å². The molecule has 0 saturated carbocycles. The second kappa shape index (κ2) is 3.72. The molecule has 0 N–H and O–H groups in total. The van der Waals surface area contributed by atoms with Crippen LogP contribution >= 0.6 is 9.24 Å². The Bertz CT molecular complexity index is 393. The van der Waals surface area contributed by atoms with Gasteiger partial charge in [-0.1, -0.05) is 48.5 Å². The van der Waals surface area contributed by atoms with Crippen LogP contribution in [-0.2, 0) is 0 Å². The number of hydrogen-bond donors (Lipinski definition) is 0. The molecule has 2 aromatic carbocycles. The van der Waals surface area contributed by atoms with E-state index in [0.717, 1.165) is 0 Å². The van der Waals surface area contributed by atoms with Gasteiger partial charge in [-0.15, -0.1) is 9.24 Å². The summed E-state index contributed by atoms with van der Waals surface area (Å²) in [7, 11) is 2.71. The topological polar surface area (TPSA) is 0 Å². The third kappa shape index (κ3) is 1.96. The molecule has 64 valence electrons. The van der Waals surface area contributed by atoms with Crippen LogP contribution in [0.25, 0.3) is 11.1 Å². The highest BCUT2D eigenvalue weighted by Crippen LogP contribution is 2.17. The Labute approximate surface area is 80.8 Å². The highest BCUT2D eigenvalue weighted by molar-refractivity contribution is 7.27. The van der Waals surface area contributed by atoms with Crippen LogP contribution in [0.5, 0.6) is 0 Å². The van der Waals surface area contributed by atoms with E-state index >= 15 is 0 Å². The van der Waals surface area contributed by atoms with Gasteiger partial charge in [-0.2, -0.15) is 0 Å². The Balaban J connectivity index is 2.48. The predicted molar refractivity (Wildman–Crippen MR) is 61.2 cm³/mol. The molecule has 1 atom stereocenters. The van der Waals surface area contributed by atoms with Crippen LogP contribution in [0, 0.1) is 0 Å². The minimum atomic E-state index is 1.22. The summed E-state index contributed by atoms with van der Waals surface area (Å²) in [6, 6.07) is 18.9. The standard InChI is InChI=1S/C12H11P/c13-12-8-4-7-11(9-12)10-5-2-1-3-6-10/h1-9H,13H2.